The molecule has 0 aliphatic rings. The molecular formula is C26H20F2O3. The third-order valence-electron chi connectivity index (χ3n) is 4.35. The first-order valence-corrected chi connectivity index (χ1v) is 9.71. The molecule has 0 aliphatic heterocycles. The Kier molecular flexibility index (Phi) is 5.85. The summed E-state index contributed by atoms with van der Waals surface area (Å²) < 4.78 is 44.6. The zero-order valence-corrected chi connectivity index (χ0v) is 17.1. The lowest BCUT2D eigenvalue weighted by atomic mass is 10.2. The van der Waals surface area contributed by atoms with Gasteiger partial charge in [0.1, 0.15) is 46.1 Å². The normalized spacial score (nSPS) is 10.6. The largest absolute Gasteiger partial charge is 0.457 e. The predicted molar refractivity (Wildman–Crippen MR) is 115 cm³/mol. The van der Waals surface area contributed by atoms with Crippen LogP contribution in [0.15, 0.2) is 84.9 Å². The Labute approximate surface area is 179 Å². The maximum Gasteiger partial charge on any atom is 0.131 e. The van der Waals surface area contributed by atoms with Crippen LogP contribution < -0.4 is 14.2 Å². The summed E-state index contributed by atoms with van der Waals surface area (Å²) in [5.41, 5.74) is 1.54. The van der Waals surface area contributed by atoms with Gasteiger partial charge in [0.15, 0.2) is 0 Å². The van der Waals surface area contributed by atoms with Gasteiger partial charge < -0.3 is 14.2 Å². The van der Waals surface area contributed by atoms with Crippen LogP contribution in [0.4, 0.5) is 8.78 Å². The third kappa shape index (κ3) is 5.60. The Hall–Kier alpha value is -3.86. The molecule has 5 heteroatoms. The van der Waals surface area contributed by atoms with Gasteiger partial charge in [-0.3, -0.25) is 0 Å². The summed E-state index contributed by atoms with van der Waals surface area (Å²) in [4.78, 5) is 0. The van der Waals surface area contributed by atoms with Gasteiger partial charge in [-0.15, -0.1) is 0 Å². The minimum atomic E-state index is -0.354. The maximum atomic E-state index is 13.6. The van der Waals surface area contributed by atoms with Crippen molar-refractivity contribution in [2.45, 2.75) is 13.8 Å². The highest BCUT2D eigenvalue weighted by Crippen LogP contribution is 2.32. The van der Waals surface area contributed by atoms with Gasteiger partial charge in [0.25, 0.3) is 0 Å². The van der Waals surface area contributed by atoms with Crippen molar-refractivity contribution in [2.75, 3.05) is 0 Å². The zero-order chi connectivity index (χ0) is 21.8. The van der Waals surface area contributed by atoms with Crippen molar-refractivity contribution >= 4 is 0 Å². The van der Waals surface area contributed by atoms with Gasteiger partial charge >= 0.3 is 0 Å². The predicted octanol–water partition coefficient (Wildman–Crippen LogP) is 7.96. The number of hydrogen-bond acceptors (Lipinski definition) is 3. The molecule has 156 valence electrons. The van der Waals surface area contributed by atoms with E-state index in [1.54, 1.807) is 74.5 Å². The second kappa shape index (κ2) is 8.88. The average molecular weight is 418 g/mol. The Balaban J connectivity index is 1.49. The van der Waals surface area contributed by atoms with E-state index in [4.69, 9.17) is 14.2 Å². The monoisotopic (exact) mass is 418 g/mol. The standard InChI is InChI=1S/C26H20F2O3/c1-17-9-19(27)13-25(11-17)30-23-7-3-5-21(15-23)29-22-6-4-8-24(16-22)31-26-12-18(2)10-20(28)14-26/h3-16H,1-2H3. The van der Waals surface area contributed by atoms with Crippen LogP contribution in [-0.4, -0.2) is 0 Å². The quantitative estimate of drug-likeness (QED) is 0.318. The van der Waals surface area contributed by atoms with E-state index in [9.17, 15) is 8.78 Å². The molecule has 0 radical (unpaired) electrons. The summed E-state index contributed by atoms with van der Waals surface area (Å²) in [6.45, 7) is 3.60. The molecule has 0 unspecified atom stereocenters. The molecule has 3 nitrogen and oxygen atoms in total. The van der Waals surface area contributed by atoms with Crippen molar-refractivity contribution in [3.63, 3.8) is 0 Å². The van der Waals surface area contributed by atoms with Crippen molar-refractivity contribution < 1.29 is 23.0 Å². The summed E-state index contributed by atoms with van der Waals surface area (Å²) in [6, 6.07) is 23.1. The molecule has 0 aliphatic carbocycles. The van der Waals surface area contributed by atoms with Gasteiger partial charge in [-0.25, -0.2) is 8.78 Å². The summed E-state index contributed by atoms with van der Waals surface area (Å²) in [5, 5.41) is 0. The molecule has 0 atom stereocenters. The third-order valence-corrected chi connectivity index (χ3v) is 4.35. The van der Waals surface area contributed by atoms with Gasteiger partial charge in [0.2, 0.25) is 0 Å². The Morgan fingerprint density at radius 2 is 0.806 bits per heavy atom. The number of ether oxygens (including phenoxy) is 3. The van der Waals surface area contributed by atoms with Gasteiger partial charge in [0.05, 0.1) is 0 Å². The van der Waals surface area contributed by atoms with E-state index in [0.29, 0.717) is 34.5 Å². The lowest BCUT2D eigenvalue weighted by Crippen LogP contribution is -1.90. The Morgan fingerprint density at radius 1 is 0.452 bits per heavy atom. The van der Waals surface area contributed by atoms with Crippen LogP contribution in [0.25, 0.3) is 0 Å². The molecule has 4 aromatic rings. The number of halogens is 2. The fraction of sp³-hybridized carbons (Fsp3) is 0.0769. The first kappa shape index (κ1) is 20.4. The summed E-state index contributed by atoms with van der Waals surface area (Å²) in [6.07, 6.45) is 0. The van der Waals surface area contributed by atoms with Crippen LogP contribution >= 0.6 is 0 Å². The first-order chi connectivity index (χ1) is 14.9. The van der Waals surface area contributed by atoms with Crippen molar-refractivity contribution in [3.05, 3.63) is 108 Å². The average Bonchev–Trinajstić information content (AvgIpc) is 2.67. The molecule has 0 fully saturated rings. The van der Waals surface area contributed by atoms with Crippen LogP contribution in [0.3, 0.4) is 0 Å². The highest BCUT2D eigenvalue weighted by atomic mass is 19.1. The summed E-state index contributed by atoms with van der Waals surface area (Å²) >= 11 is 0. The lowest BCUT2D eigenvalue weighted by Gasteiger charge is -2.11. The Bertz CT molecular complexity index is 1090. The van der Waals surface area contributed by atoms with Crippen molar-refractivity contribution in [3.8, 4) is 34.5 Å². The van der Waals surface area contributed by atoms with E-state index in [1.807, 2.05) is 0 Å². The second-order valence-electron chi connectivity index (χ2n) is 7.18. The molecule has 0 bridgehead atoms. The molecule has 0 saturated heterocycles. The summed E-state index contributed by atoms with van der Waals surface area (Å²) in [7, 11) is 0. The van der Waals surface area contributed by atoms with Crippen LogP contribution in [-0.2, 0) is 0 Å². The van der Waals surface area contributed by atoms with Gasteiger partial charge in [-0.1, -0.05) is 12.1 Å². The fourth-order valence-electron chi connectivity index (χ4n) is 3.13. The van der Waals surface area contributed by atoms with E-state index in [2.05, 4.69) is 0 Å². The maximum absolute atomic E-state index is 13.6. The van der Waals surface area contributed by atoms with Crippen LogP contribution in [0.2, 0.25) is 0 Å². The minimum Gasteiger partial charge on any atom is -0.457 e. The SMILES string of the molecule is Cc1cc(F)cc(Oc2cccc(Oc3cccc(Oc4cc(C)cc(F)c4)c3)c2)c1. The smallest absolute Gasteiger partial charge is 0.131 e. The van der Waals surface area contributed by atoms with Gasteiger partial charge in [-0.2, -0.15) is 0 Å². The first-order valence-electron chi connectivity index (χ1n) is 9.71. The van der Waals surface area contributed by atoms with Crippen LogP contribution in [0.1, 0.15) is 11.1 Å². The molecule has 4 rings (SSSR count). The zero-order valence-electron chi connectivity index (χ0n) is 17.1. The molecule has 0 saturated carbocycles. The number of rotatable bonds is 6. The molecule has 0 spiro atoms. The lowest BCUT2D eigenvalue weighted by molar-refractivity contribution is 0.449. The number of benzene rings is 4. The topological polar surface area (TPSA) is 27.7 Å². The molecule has 31 heavy (non-hydrogen) atoms. The molecule has 0 N–H and O–H groups in total. The van der Waals surface area contributed by atoms with E-state index in [-0.39, 0.29) is 11.6 Å². The van der Waals surface area contributed by atoms with E-state index in [0.717, 1.165) is 11.1 Å². The minimum absolute atomic E-state index is 0.354. The van der Waals surface area contributed by atoms with Crippen molar-refractivity contribution in [2.24, 2.45) is 0 Å². The summed E-state index contributed by atoms with van der Waals surface area (Å²) in [5.74, 6) is 2.25. The molecule has 0 heterocycles. The van der Waals surface area contributed by atoms with E-state index < -0.39 is 0 Å². The van der Waals surface area contributed by atoms with Crippen LogP contribution in [0.5, 0.6) is 34.5 Å². The molecular weight excluding hydrogens is 398 g/mol. The second-order valence-corrected chi connectivity index (χ2v) is 7.18. The van der Waals surface area contributed by atoms with Crippen LogP contribution in [0, 0.1) is 25.5 Å². The van der Waals surface area contributed by atoms with E-state index >= 15 is 0 Å². The number of hydrogen-bond donors (Lipinski definition) is 0. The Morgan fingerprint density at radius 3 is 1.16 bits per heavy atom. The van der Waals surface area contributed by atoms with Crippen molar-refractivity contribution in [1.29, 1.82) is 0 Å². The highest BCUT2D eigenvalue weighted by Gasteiger charge is 2.06. The number of aryl methyl sites for hydroxylation is 2. The molecule has 0 aromatic heterocycles. The fourth-order valence-corrected chi connectivity index (χ4v) is 3.13. The van der Waals surface area contributed by atoms with E-state index in [1.165, 1.54) is 24.3 Å². The van der Waals surface area contributed by atoms with Gasteiger partial charge in [-0.05, 0) is 73.5 Å². The molecule has 0 amide bonds. The molecule has 4 aromatic carbocycles. The van der Waals surface area contributed by atoms with Crippen molar-refractivity contribution in [1.82, 2.24) is 0 Å². The highest BCUT2D eigenvalue weighted by molar-refractivity contribution is 5.43. The van der Waals surface area contributed by atoms with Gasteiger partial charge in [0, 0.05) is 24.3 Å².